The molecule has 1 aromatic rings. The van der Waals surface area contributed by atoms with Crippen LogP contribution >= 0.6 is 0 Å². The van der Waals surface area contributed by atoms with E-state index in [1.807, 2.05) is 0 Å². The van der Waals surface area contributed by atoms with Gasteiger partial charge in [-0.3, -0.25) is 4.79 Å². The number of aryl methyl sites for hydroxylation is 1. The smallest absolute Gasteiger partial charge is 0.365 e. The van der Waals surface area contributed by atoms with E-state index >= 15 is 0 Å². The molecule has 16 heavy (non-hydrogen) atoms. The number of alkyl halides is 3. The minimum absolute atomic E-state index is 0.0752. The second kappa shape index (κ2) is 5.00. The first-order valence-electron chi connectivity index (χ1n) is 4.72. The number of nitrogens with zero attached hydrogens (tertiary/aromatic N) is 2. The second-order valence-electron chi connectivity index (χ2n) is 3.34. The van der Waals surface area contributed by atoms with Gasteiger partial charge in [0.1, 0.15) is 0 Å². The van der Waals surface area contributed by atoms with E-state index in [0.717, 1.165) is 0 Å². The van der Waals surface area contributed by atoms with Gasteiger partial charge in [-0.1, -0.05) is 0 Å². The highest BCUT2D eigenvalue weighted by Gasteiger charge is 2.25. The lowest BCUT2D eigenvalue weighted by atomic mass is 10.3. The molecule has 4 nitrogen and oxygen atoms in total. The van der Waals surface area contributed by atoms with Crippen molar-refractivity contribution in [2.75, 3.05) is 11.9 Å². The fourth-order valence-electron chi connectivity index (χ4n) is 1.11. The lowest BCUT2D eigenvalue weighted by molar-refractivity contribution is -0.134. The standard InChI is InChI=1S/C9H12F3N3O/c1-15-6-5-14-7(8(15)16)13-4-2-3-9(10,11)12/h5-6H,2-4H2,1H3,(H,13,14). The van der Waals surface area contributed by atoms with Gasteiger partial charge in [0, 0.05) is 32.4 Å². The maximum atomic E-state index is 11.8. The molecular formula is C9H12F3N3O. The Labute approximate surface area is 90.1 Å². The Morgan fingerprint density at radius 3 is 2.81 bits per heavy atom. The molecule has 1 N–H and O–H groups in total. The molecule has 0 atom stereocenters. The molecule has 1 aromatic heterocycles. The van der Waals surface area contributed by atoms with Crippen LogP contribution < -0.4 is 10.9 Å². The summed E-state index contributed by atoms with van der Waals surface area (Å²) in [6.45, 7) is 0.0752. The summed E-state index contributed by atoms with van der Waals surface area (Å²) < 4.78 is 36.8. The summed E-state index contributed by atoms with van der Waals surface area (Å²) in [6, 6.07) is 0. The van der Waals surface area contributed by atoms with Crippen LogP contribution in [-0.2, 0) is 7.05 Å². The molecule has 0 radical (unpaired) electrons. The van der Waals surface area contributed by atoms with Gasteiger partial charge < -0.3 is 9.88 Å². The van der Waals surface area contributed by atoms with E-state index in [2.05, 4.69) is 10.3 Å². The van der Waals surface area contributed by atoms with Gasteiger partial charge >= 0.3 is 6.18 Å². The van der Waals surface area contributed by atoms with Crippen molar-refractivity contribution >= 4 is 5.82 Å². The Hall–Kier alpha value is -1.53. The largest absolute Gasteiger partial charge is 0.389 e. The maximum absolute atomic E-state index is 11.8. The van der Waals surface area contributed by atoms with E-state index in [1.165, 1.54) is 17.0 Å². The lowest BCUT2D eigenvalue weighted by Gasteiger charge is -2.07. The number of nitrogens with one attached hydrogen (secondary N) is 1. The van der Waals surface area contributed by atoms with Crippen molar-refractivity contribution in [2.45, 2.75) is 19.0 Å². The molecular weight excluding hydrogens is 223 g/mol. The van der Waals surface area contributed by atoms with Crippen LogP contribution in [0.15, 0.2) is 17.2 Å². The van der Waals surface area contributed by atoms with Gasteiger partial charge in [0.05, 0.1) is 0 Å². The average molecular weight is 235 g/mol. The zero-order valence-electron chi connectivity index (χ0n) is 8.71. The molecule has 0 saturated heterocycles. The highest BCUT2D eigenvalue weighted by Crippen LogP contribution is 2.20. The van der Waals surface area contributed by atoms with Gasteiger partial charge in [-0.25, -0.2) is 4.98 Å². The fourth-order valence-corrected chi connectivity index (χ4v) is 1.11. The van der Waals surface area contributed by atoms with Crippen molar-refractivity contribution in [3.63, 3.8) is 0 Å². The molecule has 0 fully saturated rings. The summed E-state index contributed by atoms with van der Waals surface area (Å²) in [5.41, 5.74) is -0.352. The Balaban J connectivity index is 2.44. The van der Waals surface area contributed by atoms with Crippen LogP contribution in [0.5, 0.6) is 0 Å². The molecule has 0 unspecified atom stereocenters. The predicted octanol–water partition coefficient (Wildman–Crippen LogP) is 1.53. The Kier molecular flexibility index (Phi) is 3.92. The Bertz CT molecular complexity index is 400. The topological polar surface area (TPSA) is 46.9 Å². The van der Waals surface area contributed by atoms with E-state index in [-0.39, 0.29) is 24.3 Å². The lowest BCUT2D eigenvalue weighted by Crippen LogP contribution is -2.22. The van der Waals surface area contributed by atoms with Crippen LogP contribution in [-0.4, -0.2) is 22.3 Å². The summed E-state index contributed by atoms with van der Waals surface area (Å²) in [4.78, 5) is 15.1. The third kappa shape index (κ3) is 3.92. The molecule has 0 spiro atoms. The van der Waals surface area contributed by atoms with E-state index in [1.54, 1.807) is 7.05 Å². The maximum Gasteiger partial charge on any atom is 0.389 e. The van der Waals surface area contributed by atoms with Crippen molar-refractivity contribution in [1.29, 1.82) is 0 Å². The third-order valence-corrected chi connectivity index (χ3v) is 1.95. The number of anilines is 1. The van der Waals surface area contributed by atoms with Crippen molar-refractivity contribution in [3.05, 3.63) is 22.7 Å². The molecule has 0 aromatic carbocycles. The molecule has 0 bridgehead atoms. The van der Waals surface area contributed by atoms with Gasteiger partial charge in [0.2, 0.25) is 0 Å². The number of rotatable bonds is 4. The van der Waals surface area contributed by atoms with E-state index in [0.29, 0.717) is 0 Å². The summed E-state index contributed by atoms with van der Waals surface area (Å²) in [7, 11) is 1.55. The van der Waals surface area contributed by atoms with Crippen LogP contribution in [0.3, 0.4) is 0 Å². The molecule has 7 heteroatoms. The quantitative estimate of drug-likeness (QED) is 0.805. The van der Waals surface area contributed by atoms with Gasteiger partial charge in [0.25, 0.3) is 5.56 Å². The van der Waals surface area contributed by atoms with Crippen LogP contribution in [0.1, 0.15) is 12.8 Å². The average Bonchev–Trinajstić information content (AvgIpc) is 2.17. The molecule has 1 rings (SSSR count). The predicted molar refractivity (Wildman–Crippen MR) is 53.3 cm³/mol. The normalized spacial score (nSPS) is 11.5. The Morgan fingerprint density at radius 1 is 1.50 bits per heavy atom. The number of aromatic nitrogens is 2. The van der Waals surface area contributed by atoms with Crippen molar-refractivity contribution in [3.8, 4) is 0 Å². The summed E-state index contributed by atoms with van der Waals surface area (Å²) in [5, 5.41) is 2.58. The molecule has 0 aliphatic carbocycles. The van der Waals surface area contributed by atoms with Gasteiger partial charge in [0.15, 0.2) is 5.82 Å². The van der Waals surface area contributed by atoms with Crippen LogP contribution in [0.2, 0.25) is 0 Å². The summed E-state index contributed by atoms with van der Waals surface area (Å²) in [5.74, 6) is 0.0761. The number of halogens is 3. The van der Waals surface area contributed by atoms with Crippen LogP contribution in [0.4, 0.5) is 19.0 Å². The van der Waals surface area contributed by atoms with Crippen LogP contribution in [0, 0.1) is 0 Å². The molecule has 0 saturated carbocycles. The van der Waals surface area contributed by atoms with Crippen molar-refractivity contribution in [2.24, 2.45) is 7.05 Å². The van der Waals surface area contributed by atoms with Gasteiger partial charge in [-0.15, -0.1) is 0 Å². The van der Waals surface area contributed by atoms with Crippen molar-refractivity contribution < 1.29 is 13.2 Å². The zero-order chi connectivity index (χ0) is 12.2. The number of hydrogen-bond acceptors (Lipinski definition) is 3. The fraction of sp³-hybridized carbons (Fsp3) is 0.556. The first kappa shape index (κ1) is 12.5. The minimum atomic E-state index is -4.16. The molecule has 1 heterocycles. The number of hydrogen-bond donors (Lipinski definition) is 1. The summed E-state index contributed by atoms with van der Waals surface area (Å²) in [6.07, 6.45) is -2.22. The third-order valence-electron chi connectivity index (χ3n) is 1.95. The molecule has 0 aliphatic rings. The highest BCUT2D eigenvalue weighted by atomic mass is 19.4. The Morgan fingerprint density at radius 2 is 2.19 bits per heavy atom. The second-order valence-corrected chi connectivity index (χ2v) is 3.34. The van der Waals surface area contributed by atoms with Crippen LogP contribution in [0.25, 0.3) is 0 Å². The van der Waals surface area contributed by atoms with Gasteiger partial charge in [-0.05, 0) is 6.42 Å². The van der Waals surface area contributed by atoms with E-state index in [9.17, 15) is 18.0 Å². The van der Waals surface area contributed by atoms with Gasteiger partial charge in [-0.2, -0.15) is 13.2 Å². The molecule has 0 aliphatic heterocycles. The minimum Gasteiger partial charge on any atom is -0.365 e. The first-order chi connectivity index (χ1) is 7.40. The summed E-state index contributed by atoms with van der Waals surface area (Å²) >= 11 is 0. The molecule has 90 valence electrons. The SMILES string of the molecule is Cn1ccnc(NCCCC(F)(F)F)c1=O. The van der Waals surface area contributed by atoms with E-state index < -0.39 is 12.6 Å². The molecule has 0 amide bonds. The highest BCUT2D eigenvalue weighted by molar-refractivity contribution is 5.30. The first-order valence-corrected chi connectivity index (χ1v) is 4.72. The monoisotopic (exact) mass is 235 g/mol. The van der Waals surface area contributed by atoms with E-state index in [4.69, 9.17) is 0 Å². The zero-order valence-corrected chi connectivity index (χ0v) is 8.71. The van der Waals surface area contributed by atoms with Crippen molar-refractivity contribution in [1.82, 2.24) is 9.55 Å².